The van der Waals surface area contributed by atoms with Gasteiger partial charge in [0.15, 0.2) is 0 Å². The number of carbonyl (C=O) groups is 1. The zero-order chi connectivity index (χ0) is 17.3. The van der Waals surface area contributed by atoms with E-state index in [1.54, 1.807) is 31.2 Å². The van der Waals surface area contributed by atoms with Gasteiger partial charge in [-0.1, -0.05) is 11.6 Å². The number of aromatic amines is 2. The van der Waals surface area contributed by atoms with Gasteiger partial charge in [0.1, 0.15) is 11.3 Å². The Morgan fingerprint density at radius 3 is 2.88 bits per heavy atom. The number of nitrogens with one attached hydrogen (secondary N) is 3. The second-order valence-electron chi connectivity index (χ2n) is 5.39. The Hall–Kier alpha value is -2.80. The Morgan fingerprint density at radius 1 is 1.33 bits per heavy atom. The summed E-state index contributed by atoms with van der Waals surface area (Å²) < 4.78 is 5.69. The number of carbonyl (C=O) groups excluding carboxylic acids is 1. The van der Waals surface area contributed by atoms with E-state index in [0.717, 1.165) is 5.39 Å². The van der Waals surface area contributed by atoms with Crippen molar-refractivity contribution in [3.05, 3.63) is 67.6 Å². The summed E-state index contributed by atoms with van der Waals surface area (Å²) in [5.74, 6) is 0.217. The van der Waals surface area contributed by atoms with Crippen LogP contribution in [0.1, 0.15) is 24.3 Å². The molecule has 7 nitrogen and oxygen atoms in total. The fourth-order valence-electron chi connectivity index (χ4n) is 2.35. The van der Waals surface area contributed by atoms with E-state index >= 15 is 0 Å². The van der Waals surface area contributed by atoms with Crippen LogP contribution in [0, 0.1) is 0 Å². The van der Waals surface area contributed by atoms with Gasteiger partial charge in [-0.05, 0) is 31.2 Å². The number of benzene rings is 1. The molecule has 0 fully saturated rings. The quantitative estimate of drug-likeness (QED) is 0.669. The summed E-state index contributed by atoms with van der Waals surface area (Å²) in [6.45, 7) is 1.77. The Balaban J connectivity index is 1.73. The molecule has 3 N–H and O–H groups in total. The van der Waals surface area contributed by atoms with Crippen LogP contribution in [0.5, 0.6) is 0 Å². The van der Waals surface area contributed by atoms with E-state index < -0.39 is 11.2 Å². The van der Waals surface area contributed by atoms with Crippen LogP contribution in [0.25, 0.3) is 11.0 Å². The Kier molecular flexibility index (Phi) is 4.26. The van der Waals surface area contributed by atoms with Gasteiger partial charge in [-0.25, -0.2) is 4.79 Å². The van der Waals surface area contributed by atoms with E-state index in [2.05, 4.69) is 15.3 Å². The maximum Gasteiger partial charge on any atom is 0.325 e. The first-order chi connectivity index (χ1) is 11.4. The molecule has 1 atom stereocenters. The molecule has 0 aliphatic heterocycles. The molecule has 0 bridgehead atoms. The van der Waals surface area contributed by atoms with E-state index in [9.17, 15) is 14.4 Å². The third-order valence-corrected chi connectivity index (χ3v) is 3.78. The number of rotatable bonds is 4. The van der Waals surface area contributed by atoms with E-state index in [1.165, 1.54) is 6.20 Å². The highest BCUT2D eigenvalue weighted by Crippen LogP contribution is 2.26. The number of aromatic nitrogens is 2. The molecule has 0 saturated carbocycles. The van der Waals surface area contributed by atoms with E-state index in [-0.39, 0.29) is 23.9 Å². The van der Waals surface area contributed by atoms with Crippen LogP contribution in [0.4, 0.5) is 0 Å². The van der Waals surface area contributed by atoms with Crippen molar-refractivity contribution in [2.24, 2.45) is 0 Å². The van der Waals surface area contributed by atoms with Gasteiger partial charge in [-0.2, -0.15) is 0 Å². The molecule has 0 radical (unpaired) electrons. The SMILES string of the molecule is CC(NC(=O)Cc1c[nH]c(=O)[nH]c1=O)c1cc2cc(Cl)ccc2o1. The molecule has 3 aromatic rings. The van der Waals surface area contributed by atoms with Crippen LogP contribution in [0.3, 0.4) is 0 Å². The first kappa shape index (κ1) is 16.1. The largest absolute Gasteiger partial charge is 0.459 e. The van der Waals surface area contributed by atoms with Gasteiger partial charge in [-0.15, -0.1) is 0 Å². The third-order valence-electron chi connectivity index (χ3n) is 3.55. The summed E-state index contributed by atoms with van der Waals surface area (Å²) in [5.41, 5.74) is -0.346. The van der Waals surface area contributed by atoms with Crippen molar-refractivity contribution in [2.45, 2.75) is 19.4 Å². The minimum absolute atomic E-state index is 0.150. The molecule has 0 spiro atoms. The van der Waals surface area contributed by atoms with Crippen LogP contribution < -0.4 is 16.6 Å². The molecule has 2 heterocycles. The summed E-state index contributed by atoms with van der Waals surface area (Å²) in [5, 5.41) is 4.20. The molecular weight excluding hydrogens is 334 g/mol. The van der Waals surface area contributed by atoms with E-state index in [1.807, 2.05) is 0 Å². The summed E-state index contributed by atoms with van der Waals surface area (Å²) in [6, 6.07) is 6.68. The fraction of sp³-hybridized carbons (Fsp3) is 0.188. The lowest BCUT2D eigenvalue weighted by Gasteiger charge is -2.11. The van der Waals surface area contributed by atoms with Crippen molar-refractivity contribution < 1.29 is 9.21 Å². The van der Waals surface area contributed by atoms with Crippen LogP contribution in [0.2, 0.25) is 5.02 Å². The van der Waals surface area contributed by atoms with E-state index in [0.29, 0.717) is 16.4 Å². The number of hydrogen-bond donors (Lipinski definition) is 3. The Bertz CT molecular complexity index is 1020. The van der Waals surface area contributed by atoms with Crippen molar-refractivity contribution in [3.63, 3.8) is 0 Å². The normalized spacial score (nSPS) is 12.2. The van der Waals surface area contributed by atoms with E-state index in [4.69, 9.17) is 16.0 Å². The molecule has 124 valence electrons. The zero-order valence-electron chi connectivity index (χ0n) is 12.7. The van der Waals surface area contributed by atoms with Crippen molar-refractivity contribution in [1.82, 2.24) is 15.3 Å². The summed E-state index contributed by atoms with van der Waals surface area (Å²) in [4.78, 5) is 39.1. The van der Waals surface area contributed by atoms with Crippen LogP contribution in [-0.4, -0.2) is 15.9 Å². The lowest BCUT2D eigenvalue weighted by molar-refractivity contribution is -0.121. The first-order valence-electron chi connectivity index (χ1n) is 7.21. The van der Waals surface area contributed by atoms with Crippen LogP contribution >= 0.6 is 11.6 Å². The van der Waals surface area contributed by atoms with Gasteiger partial charge in [0.2, 0.25) is 5.91 Å². The number of fused-ring (bicyclic) bond motifs is 1. The van der Waals surface area contributed by atoms with Gasteiger partial charge < -0.3 is 14.7 Å². The molecule has 0 aliphatic carbocycles. The maximum atomic E-state index is 12.1. The van der Waals surface area contributed by atoms with Crippen molar-refractivity contribution in [2.75, 3.05) is 0 Å². The highest BCUT2D eigenvalue weighted by Gasteiger charge is 2.15. The number of halogens is 1. The van der Waals surface area contributed by atoms with Crippen molar-refractivity contribution in [3.8, 4) is 0 Å². The van der Waals surface area contributed by atoms with Crippen molar-refractivity contribution in [1.29, 1.82) is 0 Å². The maximum absolute atomic E-state index is 12.1. The molecule has 0 saturated heterocycles. The predicted octanol–water partition coefficient (Wildman–Crippen LogP) is 1.88. The average Bonchev–Trinajstić information content (AvgIpc) is 2.93. The van der Waals surface area contributed by atoms with Gasteiger partial charge in [-0.3, -0.25) is 14.6 Å². The Labute approximate surface area is 140 Å². The smallest absolute Gasteiger partial charge is 0.325 e. The first-order valence-corrected chi connectivity index (χ1v) is 7.59. The molecule has 1 aromatic carbocycles. The highest BCUT2D eigenvalue weighted by molar-refractivity contribution is 6.31. The molecule has 8 heteroatoms. The summed E-state index contributed by atoms with van der Waals surface area (Å²) >= 11 is 5.94. The Morgan fingerprint density at radius 2 is 2.12 bits per heavy atom. The summed E-state index contributed by atoms with van der Waals surface area (Å²) in [6.07, 6.45) is 1.08. The van der Waals surface area contributed by atoms with Crippen molar-refractivity contribution >= 4 is 28.5 Å². The minimum Gasteiger partial charge on any atom is -0.459 e. The molecule has 1 amide bonds. The number of hydrogen-bond acceptors (Lipinski definition) is 4. The van der Waals surface area contributed by atoms with Crippen LogP contribution in [0.15, 0.2) is 44.5 Å². The van der Waals surface area contributed by atoms with Gasteiger partial charge in [0.05, 0.1) is 12.5 Å². The third kappa shape index (κ3) is 3.41. The topological polar surface area (TPSA) is 108 Å². The number of amides is 1. The zero-order valence-corrected chi connectivity index (χ0v) is 13.4. The molecule has 1 unspecified atom stereocenters. The molecule has 2 aromatic heterocycles. The van der Waals surface area contributed by atoms with Gasteiger partial charge in [0, 0.05) is 22.2 Å². The molecular formula is C16H14ClN3O4. The summed E-state index contributed by atoms with van der Waals surface area (Å²) in [7, 11) is 0. The second kappa shape index (κ2) is 6.37. The minimum atomic E-state index is -0.613. The van der Waals surface area contributed by atoms with Gasteiger partial charge >= 0.3 is 5.69 Å². The van der Waals surface area contributed by atoms with Crippen LogP contribution in [-0.2, 0) is 11.2 Å². The average molecular weight is 348 g/mol. The fourth-order valence-corrected chi connectivity index (χ4v) is 2.53. The lowest BCUT2D eigenvalue weighted by Crippen LogP contribution is -2.32. The number of H-pyrrole nitrogens is 2. The second-order valence-corrected chi connectivity index (χ2v) is 5.83. The monoisotopic (exact) mass is 347 g/mol. The highest BCUT2D eigenvalue weighted by atomic mass is 35.5. The molecule has 3 rings (SSSR count). The molecule has 0 aliphatic rings. The number of furan rings is 1. The lowest BCUT2D eigenvalue weighted by atomic mass is 10.2. The van der Waals surface area contributed by atoms with Gasteiger partial charge in [0.25, 0.3) is 5.56 Å². The predicted molar refractivity (Wildman–Crippen MR) is 89.2 cm³/mol. The standard InChI is InChI=1S/C16H14ClN3O4/c1-8(13-5-9-4-11(17)2-3-12(9)24-13)19-14(21)6-10-7-18-16(23)20-15(10)22/h2-5,7-8H,6H2,1H3,(H,19,21)(H2,18,20,22,23). The molecule has 24 heavy (non-hydrogen) atoms.